The molecule has 1 saturated heterocycles. The first-order valence-electron chi connectivity index (χ1n) is 10.1. The van der Waals surface area contributed by atoms with Crippen LogP contribution in [0.2, 0.25) is 0 Å². The summed E-state index contributed by atoms with van der Waals surface area (Å²) >= 11 is 0. The van der Waals surface area contributed by atoms with Gasteiger partial charge in [0.1, 0.15) is 6.04 Å². The second-order valence-corrected chi connectivity index (χ2v) is 7.51. The fourth-order valence-electron chi connectivity index (χ4n) is 3.99. The summed E-state index contributed by atoms with van der Waals surface area (Å²) in [6.45, 7) is 8.80. The number of benzene rings is 1. The Labute approximate surface area is 169 Å². The van der Waals surface area contributed by atoms with Crippen LogP contribution >= 0.6 is 0 Å². The summed E-state index contributed by atoms with van der Waals surface area (Å²) in [5.74, 6) is -0.0484. The lowest BCUT2D eigenvalue weighted by molar-refractivity contribution is -0.124. The van der Waals surface area contributed by atoms with Crippen LogP contribution in [0.3, 0.4) is 0 Å². The Morgan fingerprint density at radius 1 is 1.28 bits per heavy atom. The standard InChI is InChI=1S/C21H27N5O3/c1-15-14-19(27)23-20-17-6-3-4-7-18(17)26(25(15)20)16(2)21(28)22-8-5-9-24-10-12-29-13-11-24/h3-4,6-7,14,16H,5,8-13H2,1-2H3,(H,22,28)/t16-/m0/s1. The summed E-state index contributed by atoms with van der Waals surface area (Å²) in [5, 5.41) is 3.92. The molecule has 1 N–H and O–H groups in total. The molecule has 8 heteroatoms. The van der Waals surface area contributed by atoms with E-state index in [0.717, 1.165) is 55.9 Å². The van der Waals surface area contributed by atoms with Crippen molar-refractivity contribution in [2.45, 2.75) is 26.3 Å². The fourth-order valence-corrected chi connectivity index (χ4v) is 3.99. The summed E-state index contributed by atoms with van der Waals surface area (Å²) in [4.78, 5) is 31.4. The summed E-state index contributed by atoms with van der Waals surface area (Å²) in [6, 6.07) is 8.78. The molecule has 3 heterocycles. The molecule has 4 rings (SSSR count). The maximum absolute atomic E-state index is 12.9. The van der Waals surface area contributed by atoms with Gasteiger partial charge >= 0.3 is 0 Å². The molecule has 3 aromatic rings. The monoisotopic (exact) mass is 397 g/mol. The molecule has 154 valence electrons. The van der Waals surface area contributed by atoms with Gasteiger partial charge in [-0.15, -0.1) is 0 Å². The van der Waals surface area contributed by atoms with Crippen LogP contribution in [0.25, 0.3) is 16.6 Å². The molecule has 0 aliphatic carbocycles. The van der Waals surface area contributed by atoms with E-state index in [1.807, 2.05) is 47.3 Å². The molecule has 8 nitrogen and oxygen atoms in total. The van der Waals surface area contributed by atoms with Gasteiger partial charge in [-0.25, -0.2) is 4.52 Å². The third kappa shape index (κ3) is 3.90. The first kappa shape index (κ1) is 19.6. The summed E-state index contributed by atoms with van der Waals surface area (Å²) in [5.41, 5.74) is 1.94. The minimum Gasteiger partial charge on any atom is -0.379 e. The van der Waals surface area contributed by atoms with E-state index in [1.165, 1.54) is 6.07 Å². The number of carbonyl (C=O) groups is 1. The number of rotatable bonds is 6. The van der Waals surface area contributed by atoms with Crippen LogP contribution in [0.5, 0.6) is 0 Å². The minimum atomic E-state index is -0.441. The number of aromatic nitrogens is 3. The second kappa shape index (κ2) is 8.34. The number of nitrogens with zero attached hydrogens (tertiary/aromatic N) is 4. The molecule has 0 unspecified atom stereocenters. The van der Waals surface area contributed by atoms with Gasteiger partial charge in [-0.2, -0.15) is 4.98 Å². The smallest absolute Gasteiger partial charge is 0.273 e. The third-order valence-corrected chi connectivity index (χ3v) is 5.49. The molecule has 1 fully saturated rings. The van der Waals surface area contributed by atoms with Crippen molar-refractivity contribution >= 4 is 22.5 Å². The number of ether oxygens (including phenoxy) is 1. The third-order valence-electron chi connectivity index (χ3n) is 5.49. The Kier molecular flexibility index (Phi) is 5.64. The van der Waals surface area contributed by atoms with Crippen molar-refractivity contribution in [1.82, 2.24) is 24.4 Å². The average molecular weight is 397 g/mol. The van der Waals surface area contributed by atoms with Crippen molar-refractivity contribution in [1.29, 1.82) is 0 Å². The zero-order chi connectivity index (χ0) is 20.4. The number of aryl methyl sites for hydroxylation is 1. The lowest BCUT2D eigenvalue weighted by Gasteiger charge is -2.26. The van der Waals surface area contributed by atoms with E-state index < -0.39 is 6.04 Å². The molecule has 1 aliphatic heterocycles. The number of hydrogen-bond donors (Lipinski definition) is 1. The minimum absolute atomic E-state index is 0.0484. The highest BCUT2D eigenvalue weighted by Gasteiger charge is 2.22. The lowest BCUT2D eigenvalue weighted by Crippen LogP contribution is -2.39. The zero-order valence-corrected chi connectivity index (χ0v) is 16.9. The number of amides is 1. The highest BCUT2D eigenvalue weighted by atomic mass is 16.5. The van der Waals surface area contributed by atoms with Crippen LogP contribution in [0.4, 0.5) is 0 Å². The molecule has 0 radical (unpaired) electrons. The molecule has 1 atom stereocenters. The molecular formula is C21H27N5O3. The maximum Gasteiger partial charge on any atom is 0.273 e. The lowest BCUT2D eigenvalue weighted by atomic mass is 10.2. The summed E-state index contributed by atoms with van der Waals surface area (Å²) < 4.78 is 9.15. The second-order valence-electron chi connectivity index (χ2n) is 7.51. The van der Waals surface area contributed by atoms with E-state index in [1.54, 1.807) is 0 Å². The molecule has 29 heavy (non-hydrogen) atoms. The van der Waals surface area contributed by atoms with Crippen LogP contribution in [-0.4, -0.2) is 64.4 Å². The number of hydrogen-bond acceptors (Lipinski definition) is 5. The van der Waals surface area contributed by atoms with Crippen LogP contribution in [-0.2, 0) is 9.53 Å². The first-order valence-corrected chi connectivity index (χ1v) is 10.1. The molecular weight excluding hydrogens is 370 g/mol. The van der Waals surface area contributed by atoms with Gasteiger partial charge in [0, 0.05) is 36.8 Å². The maximum atomic E-state index is 12.9. The quantitative estimate of drug-likeness (QED) is 0.635. The molecule has 2 aromatic heterocycles. The van der Waals surface area contributed by atoms with E-state index in [0.29, 0.717) is 12.2 Å². The predicted octanol–water partition coefficient (Wildman–Crippen LogP) is 1.36. The Morgan fingerprint density at radius 3 is 2.83 bits per heavy atom. The number of fused-ring (bicyclic) bond motifs is 3. The van der Waals surface area contributed by atoms with Crippen LogP contribution < -0.4 is 10.9 Å². The van der Waals surface area contributed by atoms with E-state index in [9.17, 15) is 9.59 Å². The molecule has 0 bridgehead atoms. The van der Waals surface area contributed by atoms with E-state index in [-0.39, 0.29) is 11.5 Å². The van der Waals surface area contributed by atoms with E-state index in [2.05, 4.69) is 15.2 Å². The summed E-state index contributed by atoms with van der Waals surface area (Å²) in [7, 11) is 0. The van der Waals surface area contributed by atoms with Crippen molar-refractivity contribution in [2.24, 2.45) is 0 Å². The largest absolute Gasteiger partial charge is 0.379 e. The number of morpholine rings is 1. The normalized spacial score (nSPS) is 16.3. The molecule has 0 saturated carbocycles. The van der Waals surface area contributed by atoms with Crippen molar-refractivity contribution in [3.63, 3.8) is 0 Å². The van der Waals surface area contributed by atoms with Gasteiger partial charge in [0.2, 0.25) is 5.91 Å². The zero-order valence-electron chi connectivity index (χ0n) is 16.9. The van der Waals surface area contributed by atoms with Crippen molar-refractivity contribution in [3.8, 4) is 0 Å². The van der Waals surface area contributed by atoms with Gasteiger partial charge in [0.05, 0.1) is 18.7 Å². The fraction of sp³-hybridized carbons (Fsp3) is 0.476. The molecule has 1 amide bonds. The van der Waals surface area contributed by atoms with Crippen LogP contribution in [0, 0.1) is 6.92 Å². The van der Waals surface area contributed by atoms with Crippen molar-refractivity contribution in [2.75, 3.05) is 39.4 Å². The number of nitrogens with one attached hydrogen (secondary N) is 1. The van der Waals surface area contributed by atoms with Gasteiger partial charge in [-0.05, 0) is 38.9 Å². The van der Waals surface area contributed by atoms with Crippen LogP contribution in [0.1, 0.15) is 25.1 Å². The van der Waals surface area contributed by atoms with Gasteiger partial charge in [0.15, 0.2) is 5.65 Å². The summed E-state index contributed by atoms with van der Waals surface area (Å²) in [6.07, 6.45) is 0.902. The number of carbonyl (C=O) groups excluding carboxylic acids is 1. The molecule has 1 aliphatic rings. The Hall–Kier alpha value is -2.71. The predicted molar refractivity (Wildman–Crippen MR) is 111 cm³/mol. The van der Waals surface area contributed by atoms with Gasteiger partial charge < -0.3 is 10.1 Å². The molecule has 1 aromatic carbocycles. The SMILES string of the molecule is Cc1cc(=O)nc2c3ccccc3n([C@@H](C)C(=O)NCCCN3CCOCC3)n12. The topological polar surface area (TPSA) is 80.9 Å². The van der Waals surface area contributed by atoms with E-state index in [4.69, 9.17) is 4.74 Å². The first-order chi connectivity index (χ1) is 14.1. The average Bonchev–Trinajstić information content (AvgIpc) is 3.06. The van der Waals surface area contributed by atoms with Gasteiger partial charge in [-0.3, -0.25) is 19.2 Å². The Bertz CT molecular complexity index is 1080. The Balaban J connectivity index is 1.53. The van der Waals surface area contributed by atoms with E-state index >= 15 is 0 Å². The highest BCUT2D eigenvalue weighted by Crippen LogP contribution is 2.24. The highest BCUT2D eigenvalue weighted by molar-refractivity contribution is 5.94. The van der Waals surface area contributed by atoms with Gasteiger partial charge in [-0.1, -0.05) is 12.1 Å². The Morgan fingerprint density at radius 2 is 2.03 bits per heavy atom. The van der Waals surface area contributed by atoms with Crippen molar-refractivity contribution in [3.05, 3.63) is 46.4 Å². The van der Waals surface area contributed by atoms with Crippen LogP contribution in [0.15, 0.2) is 35.1 Å². The van der Waals surface area contributed by atoms with Gasteiger partial charge in [0.25, 0.3) is 5.56 Å². The molecule has 0 spiro atoms. The number of para-hydroxylation sites is 1. The van der Waals surface area contributed by atoms with Crippen molar-refractivity contribution < 1.29 is 9.53 Å².